The summed E-state index contributed by atoms with van der Waals surface area (Å²) >= 11 is 0. The maximum absolute atomic E-state index is 9.17. The van der Waals surface area contributed by atoms with Gasteiger partial charge in [0.25, 0.3) is 0 Å². The number of aliphatic hydroxyl groups excluding tert-OH is 1. The fraction of sp³-hybridized carbons (Fsp3) is 0.800. The zero-order valence-corrected chi connectivity index (χ0v) is 15.7. The SMILES string of the molecule is CC/C=C(\CCOC1CCCC(CC(O)O)C1)C1=CCC(OC)NC1. The number of allylic oxidation sites excluding steroid dienone is 1. The Labute approximate surface area is 152 Å². The lowest BCUT2D eigenvalue weighted by molar-refractivity contribution is -0.0685. The number of nitrogens with one attached hydrogen (secondary N) is 1. The number of ether oxygens (including phenoxy) is 2. The molecule has 5 heteroatoms. The van der Waals surface area contributed by atoms with Crippen LogP contribution in [0.1, 0.15) is 58.3 Å². The Morgan fingerprint density at radius 2 is 2.24 bits per heavy atom. The zero-order valence-electron chi connectivity index (χ0n) is 15.7. The van der Waals surface area contributed by atoms with Crippen molar-refractivity contribution >= 4 is 0 Å². The van der Waals surface area contributed by atoms with Crippen molar-refractivity contribution in [2.45, 2.75) is 76.9 Å². The Balaban J connectivity index is 1.78. The molecule has 2 aliphatic rings. The van der Waals surface area contributed by atoms with Gasteiger partial charge in [-0.1, -0.05) is 31.9 Å². The summed E-state index contributed by atoms with van der Waals surface area (Å²) < 4.78 is 11.5. The highest BCUT2D eigenvalue weighted by Gasteiger charge is 2.24. The molecule has 3 N–H and O–H groups in total. The summed E-state index contributed by atoms with van der Waals surface area (Å²) in [6.07, 6.45) is 11.4. The average molecular weight is 354 g/mol. The average Bonchev–Trinajstić information content (AvgIpc) is 2.61. The molecule has 1 heterocycles. The van der Waals surface area contributed by atoms with Crippen molar-refractivity contribution in [3.63, 3.8) is 0 Å². The zero-order chi connectivity index (χ0) is 18.1. The molecule has 1 saturated carbocycles. The van der Waals surface area contributed by atoms with Crippen LogP contribution < -0.4 is 5.32 Å². The first-order valence-electron chi connectivity index (χ1n) is 9.74. The van der Waals surface area contributed by atoms with Crippen LogP contribution in [-0.2, 0) is 9.47 Å². The summed E-state index contributed by atoms with van der Waals surface area (Å²) in [6.45, 7) is 3.75. The van der Waals surface area contributed by atoms with Gasteiger partial charge in [0.05, 0.1) is 12.7 Å². The van der Waals surface area contributed by atoms with Gasteiger partial charge in [-0.05, 0) is 42.7 Å². The molecule has 0 bridgehead atoms. The summed E-state index contributed by atoms with van der Waals surface area (Å²) in [5.74, 6) is 0.376. The van der Waals surface area contributed by atoms with Crippen molar-refractivity contribution in [1.29, 1.82) is 0 Å². The Kier molecular flexibility index (Phi) is 9.13. The van der Waals surface area contributed by atoms with E-state index in [2.05, 4.69) is 24.4 Å². The van der Waals surface area contributed by atoms with Crippen LogP contribution in [0.4, 0.5) is 0 Å². The van der Waals surface area contributed by atoms with Gasteiger partial charge in [0, 0.05) is 26.5 Å². The summed E-state index contributed by atoms with van der Waals surface area (Å²) in [5.41, 5.74) is 2.74. The van der Waals surface area contributed by atoms with Crippen LogP contribution in [0, 0.1) is 5.92 Å². The molecule has 0 aromatic carbocycles. The third kappa shape index (κ3) is 7.19. The van der Waals surface area contributed by atoms with Crippen molar-refractivity contribution in [1.82, 2.24) is 5.32 Å². The highest BCUT2D eigenvalue weighted by molar-refractivity contribution is 5.33. The number of aliphatic hydroxyl groups is 2. The van der Waals surface area contributed by atoms with E-state index in [9.17, 15) is 0 Å². The van der Waals surface area contributed by atoms with Crippen molar-refractivity contribution in [3.05, 3.63) is 23.3 Å². The largest absolute Gasteiger partial charge is 0.378 e. The highest BCUT2D eigenvalue weighted by Crippen LogP contribution is 2.30. The molecular formula is C20H35NO4. The summed E-state index contributed by atoms with van der Waals surface area (Å²) in [7, 11) is 1.74. The molecule has 3 unspecified atom stereocenters. The molecule has 0 aromatic heterocycles. The monoisotopic (exact) mass is 353 g/mol. The molecule has 0 aromatic rings. The van der Waals surface area contributed by atoms with Gasteiger partial charge in [0.2, 0.25) is 0 Å². The number of methoxy groups -OCH3 is 1. The van der Waals surface area contributed by atoms with Crippen LogP contribution in [0.3, 0.4) is 0 Å². The van der Waals surface area contributed by atoms with Crippen molar-refractivity contribution in [2.75, 3.05) is 20.3 Å². The first-order chi connectivity index (χ1) is 12.1. The quantitative estimate of drug-likeness (QED) is 0.556. The van der Waals surface area contributed by atoms with Crippen LogP contribution in [0.25, 0.3) is 0 Å². The molecule has 144 valence electrons. The van der Waals surface area contributed by atoms with E-state index in [1.54, 1.807) is 7.11 Å². The van der Waals surface area contributed by atoms with Crippen molar-refractivity contribution in [3.8, 4) is 0 Å². The molecule has 25 heavy (non-hydrogen) atoms. The molecule has 0 radical (unpaired) electrons. The van der Waals surface area contributed by atoms with Gasteiger partial charge < -0.3 is 19.7 Å². The molecule has 0 saturated heterocycles. The molecule has 0 spiro atoms. The lowest BCUT2D eigenvalue weighted by Gasteiger charge is -2.30. The maximum atomic E-state index is 9.17. The van der Waals surface area contributed by atoms with Crippen LogP contribution in [0.15, 0.2) is 23.3 Å². The molecule has 5 nitrogen and oxygen atoms in total. The van der Waals surface area contributed by atoms with Gasteiger partial charge in [-0.25, -0.2) is 0 Å². The van der Waals surface area contributed by atoms with Crippen molar-refractivity contribution in [2.24, 2.45) is 5.92 Å². The van der Waals surface area contributed by atoms with E-state index >= 15 is 0 Å². The van der Waals surface area contributed by atoms with Crippen LogP contribution >= 0.6 is 0 Å². The predicted molar refractivity (Wildman–Crippen MR) is 99.0 cm³/mol. The Bertz CT molecular complexity index is 447. The van der Waals surface area contributed by atoms with Gasteiger partial charge in [-0.2, -0.15) is 0 Å². The number of rotatable bonds is 9. The van der Waals surface area contributed by atoms with Crippen molar-refractivity contribution < 1.29 is 19.7 Å². The van der Waals surface area contributed by atoms with E-state index in [0.717, 1.165) is 58.1 Å². The third-order valence-corrected chi connectivity index (χ3v) is 5.25. The summed E-state index contributed by atoms with van der Waals surface area (Å²) in [5, 5.41) is 21.7. The Hall–Kier alpha value is -0.720. The van der Waals surface area contributed by atoms with Gasteiger partial charge in [-0.3, -0.25) is 5.32 Å². The molecule has 2 rings (SSSR count). The van der Waals surface area contributed by atoms with E-state index in [4.69, 9.17) is 19.7 Å². The standard InChI is InChI=1S/C20H35NO4/c1-3-5-16(17-8-9-19(24-2)21-14-17)10-11-25-18-7-4-6-15(12-18)13-20(22)23/h5,8,15,18-23H,3-4,6-7,9-14H2,1-2H3/b16-5+. The second-order valence-electron chi connectivity index (χ2n) is 7.20. The minimum Gasteiger partial charge on any atom is -0.378 e. The number of hydrogen-bond acceptors (Lipinski definition) is 5. The molecular weight excluding hydrogens is 318 g/mol. The second-order valence-corrected chi connectivity index (χ2v) is 7.20. The van der Waals surface area contributed by atoms with E-state index in [-0.39, 0.29) is 12.3 Å². The molecule has 1 aliphatic carbocycles. The lowest BCUT2D eigenvalue weighted by Crippen LogP contribution is -2.35. The lowest BCUT2D eigenvalue weighted by atomic mass is 9.85. The fourth-order valence-electron chi connectivity index (χ4n) is 3.93. The van der Waals surface area contributed by atoms with E-state index in [1.807, 2.05) is 0 Å². The molecule has 3 atom stereocenters. The van der Waals surface area contributed by atoms with Gasteiger partial charge in [0.15, 0.2) is 6.29 Å². The third-order valence-electron chi connectivity index (χ3n) is 5.25. The van der Waals surface area contributed by atoms with Gasteiger partial charge in [0.1, 0.15) is 6.23 Å². The fourth-order valence-corrected chi connectivity index (χ4v) is 3.93. The highest BCUT2D eigenvalue weighted by atomic mass is 16.5. The normalized spacial score (nSPS) is 28.3. The predicted octanol–water partition coefficient (Wildman–Crippen LogP) is 2.88. The van der Waals surface area contributed by atoms with E-state index in [1.165, 1.54) is 11.1 Å². The Morgan fingerprint density at radius 3 is 2.88 bits per heavy atom. The molecule has 1 aliphatic heterocycles. The van der Waals surface area contributed by atoms with Crippen LogP contribution in [0.2, 0.25) is 0 Å². The van der Waals surface area contributed by atoms with Crippen LogP contribution in [0.5, 0.6) is 0 Å². The van der Waals surface area contributed by atoms with E-state index < -0.39 is 6.29 Å². The van der Waals surface area contributed by atoms with Gasteiger partial charge in [-0.15, -0.1) is 0 Å². The summed E-state index contributed by atoms with van der Waals surface area (Å²) in [4.78, 5) is 0. The minimum atomic E-state index is -1.19. The smallest absolute Gasteiger partial charge is 0.151 e. The summed E-state index contributed by atoms with van der Waals surface area (Å²) in [6, 6.07) is 0. The topological polar surface area (TPSA) is 71.0 Å². The van der Waals surface area contributed by atoms with Crippen LogP contribution in [-0.4, -0.2) is 49.1 Å². The first kappa shape index (κ1) is 20.6. The second kappa shape index (κ2) is 11.1. The molecule has 0 amide bonds. The maximum Gasteiger partial charge on any atom is 0.151 e. The number of hydrogen-bond donors (Lipinski definition) is 3. The molecule has 1 fully saturated rings. The Morgan fingerprint density at radius 1 is 1.40 bits per heavy atom. The first-order valence-corrected chi connectivity index (χ1v) is 9.74. The van der Waals surface area contributed by atoms with E-state index in [0.29, 0.717) is 12.3 Å². The minimum absolute atomic E-state index is 0.129. The van der Waals surface area contributed by atoms with Gasteiger partial charge >= 0.3 is 0 Å².